The smallest absolute Gasteiger partial charge is 0.258 e. The largest absolute Gasteiger partial charge is 0.494 e. The van der Waals surface area contributed by atoms with Crippen LogP contribution in [0.15, 0.2) is 42.5 Å². The number of carbonyl (C=O) groups excluding carboxylic acids is 1. The van der Waals surface area contributed by atoms with E-state index in [0.717, 1.165) is 5.56 Å². The molecular formula is C18H20FNO3. The van der Waals surface area contributed by atoms with E-state index in [1.807, 2.05) is 31.2 Å². The van der Waals surface area contributed by atoms with Crippen LogP contribution in [0, 0.1) is 12.7 Å². The number of ether oxygens (including phenoxy) is 2. The third-order valence-electron chi connectivity index (χ3n) is 3.51. The minimum atomic E-state index is -0.456. The monoisotopic (exact) mass is 317 g/mol. The second-order valence-corrected chi connectivity index (χ2v) is 5.24. The Kier molecular flexibility index (Phi) is 5.57. The van der Waals surface area contributed by atoms with Crippen LogP contribution in [0.2, 0.25) is 0 Å². The summed E-state index contributed by atoms with van der Waals surface area (Å²) in [5.41, 5.74) is 1.62. The number of para-hydroxylation sites is 1. The number of halogens is 1. The van der Waals surface area contributed by atoms with Gasteiger partial charge in [0, 0.05) is 0 Å². The first-order valence-corrected chi connectivity index (χ1v) is 7.32. The van der Waals surface area contributed by atoms with Crippen LogP contribution in [-0.2, 0) is 4.79 Å². The Morgan fingerprint density at radius 2 is 1.96 bits per heavy atom. The number of hydrogen-bond acceptors (Lipinski definition) is 3. The summed E-state index contributed by atoms with van der Waals surface area (Å²) in [6, 6.07) is 11.8. The van der Waals surface area contributed by atoms with Crippen molar-refractivity contribution in [3.05, 3.63) is 59.4 Å². The number of amides is 1. The van der Waals surface area contributed by atoms with Gasteiger partial charge in [0.15, 0.2) is 18.2 Å². The van der Waals surface area contributed by atoms with Gasteiger partial charge in [0.1, 0.15) is 5.75 Å². The Bertz CT molecular complexity index is 688. The van der Waals surface area contributed by atoms with Crippen molar-refractivity contribution in [3.63, 3.8) is 0 Å². The van der Waals surface area contributed by atoms with Crippen molar-refractivity contribution in [1.29, 1.82) is 0 Å². The van der Waals surface area contributed by atoms with E-state index < -0.39 is 5.82 Å². The number of aryl methyl sites for hydroxylation is 1. The number of carbonyl (C=O) groups is 1. The maximum absolute atomic E-state index is 13.7. The highest BCUT2D eigenvalue weighted by atomic mass is 19.1. The molecule has 2 aromatic carbocycles. The van der Waals surface area contributed by atoms with E-state index in [1.165, 1.54) is 19.2 Å². The van der Waals surface area contributed by atoms with Crippen molar-refractivity contribution in [1.82, 2.24) is 5.32 Å². The predicted molar refractivity (Wildman–Crippen MR) is 86.2 cm³/mol. The summed E-state index contributed by atoms with van der Waals surface area (Å²) in [7, 11) is 1.41. The Morgan fingerprint density at radius 3 is 2.61 bits per heavy atom. The Hall–Kier alpha value is -2.56. The molecular weight excluding hydrogens is 297 g/mol. The van der Waals surface area contributed by atoms with E-state index in [-0.39, 0.29) is 24.3 Å². The summed E-state index contributed by atoms with van der Waals surface area (Å²) in [6.45, 7) is 3.61. The first kappa shape index (κ1) is 16.8. The van der Waals surface area contributed by atoms with Crippen molar-refractivity contribution in [2.75, 3.05) is 13.7 Å². The number of methoxy groups -OCH3 is 1. The Labute approximate surface area is 135 Å². The van der Waals surface area contributed by atoms with E-state index in [2.05, 4.69) is 5.32 Å². The van der Waals surface area contributed by atoms with Crippen LogP contribution >= 0.6 is 0 Å². The van der Waals surface area contributed by atoms with Gasteiger partial charge in [-0.05, 0) is 43.2 Å². The lowest BCUT2D eigenvalue weighted by Gasteiger charge is -2.16. The molecule has 0 spiro atoms. The van der Waals surface area contributed by atoms with E-state index in [1.54, 1.807) is 13.0 Å². The summed E-state index contributed by atoms with van der Waals surface area (Å²) in [6.07, 6.45) is 0. The maximum atomic E-state index is 13.7. The molecule has 122 valence electrons. The normalized spacial score (nSPS) is 11.7. The van der Waals surface area contributed by atoms with Crippen LogP contribution in [0.4, 0.5) is 4.39 Å². The number of benzene rings is 2. The molecule has 0 aliphatic carbocycles. The fourth-order valence-electron chi connectivity index (χ4n) is 2.18. The molecule has 1 amide bonds. The zero-order valence-corrected chi connectivity index (χ0v) is 13.4. The first-order chi connectivity index (χ1) is 11.0. The highest BCUT2D eigenvalue weighted by Gasteiger charge is 2.13. The molecule has 0 aliphatic heterocycles. The molecule has 23 heavy (non-hydrogen) atoms. The van der Waals surface area contributed by atoms with Crippen molar-refractivity contribution in [2.45, 2.75) is 19.9 Å². The number of rotatable bonds is 6. The highest BCUT2D eigenvalue weighted by Crippen LogP contribution is 2.21. The van der Waals surface area contributed by atoms with E-state index in [0.29, 0.717) is 11.3 Å². The molecule has 1 atom stereocenters. The lowest BCUT2D eigenvalue weighted by atomic mass is 10.1. The summed E-state index contributed by atoms with van der Waals surface area (Å²) in [5, 5.41) is 2.78. The fraction of sp³-hybridized carbons (Fsp3) is 0.278. The second-order valence-electron chi connectivity index (χ2n) is 5.24. The minimum Gasteiger partial charge on any atom is -0.494 e. The lowest BCUT2D eigenvalue weighted by Crippen LogP contribution is -2.31. The maximum Gasteiger partial charge on any atom is 0.258 e. The van der Waals surface area contributed by atoms with Gasteiger partial charge in [-0.2, -0.15) is 0 Å². The van der Waals surface area contributed by atoms with Gasteiger partial charge in [-0.3, -0.25) is 4.79 Å². The van der Waals surface area contributed by atoms with Gasteiger partial charge in [0.25, 0.3) is 5.91 Å². The topological polar surface area (TPSA) is 47.6 Å². The van der Waals surface area contributed by atoms with Gasteiger partial charge in [-0.25, -0.2) is 4.39 Å². The zero-order chi connectivity index (χ0) is 16.8. The summed E-state index contributed by atoms with van der Waals surface area (Å²) in [4.78, 5) is 12.0. The standard InChI is InChI=1S/C18H20FNO3/c1-12-6-4-5-7-16(12)23-11-18(21)20-13(2)14-8-9-17(22-3)15(19)10-14/h4-10,13H,11H2,1-3H3,(H,20,21)/t13-/m1/s1. The van der Waals surface area contributed by atoms with Crippen molar-refractivity contribution >= 4 is 5.91 Å². The van der Waals surface area contributed by atoms with Crippen LogP contribution in [0.1, 0.15) is 24.1 Å². The van der Waals surface area contributed by atoms with Gasteiger partial charge < -0.3 is 14.8 Å². The molecule has 1 N–H and O–H groups in total. The second kappa shape index (κ2) is 7.63. The highest BCUT2D eigenvalue weighted by molar-refractivity contribution is 5.78. The predicted octanol–water partition coefficient (Wildman–Crippen LogP) is 3.40. The molecule has 0 fully saturated rings. The zero-order valence-electron chi connectivity index (χ0n) is 13.4. The molecule has 0 saturated heterocycles. The van der Waals surface area contributed by atoms with Crippen molar-refractivity contribution in [3.8, 4) is 11.5 Å². The van der Waals surface area contributed by atoms with E-state index >= 15 is 0 Å². The molecule has 0 aromatic heterocycles. The molecule has 0 unspecified atom stereocenters. The molecule has 5 heteroatoms. The van der Waals surface area contributed by atoms with Crippen LogP contribution in [-0.4, -0.2) is 19.6 Å². The molecule has 0 bridgehead atoms. The third kappa shape index (κ3) is 4.45. The minimum absolute atomic E-state index is 0.0895. The molecule has 0 heterocycles. The molecule has 0 saturated carbocycles. The first-order valence-electron chi connectivity index (χ1n) is 7.32. The van der Waals surface area contributed by atoms with E-state index in [4.69, 9.17) is 9.47 Å². The fourth-order valence-corrected chi connectivity index (χ4v) is 2.18. The average molecular weight is 317 g/mol. The Morgan fingerprint density at radius 1 is 1.22 bits per heavy atom. The van der Waals surface area contributed by atoms with Crippen LogP contribution in [0.25, 0.3) is 0 Å². The van der Waals surface area contributed by atoms with E-state index in [9.17, 15) is 9.18 Å². The summed E-state index contributed by atoms with van der Waals surface area (Å²) >= 11 is 0. The molecule has 0 aliphatic rings. The lowest BCUT2D eigenvalue weighted by molar-refractivity contribution is -0.123. The molecule has 2 rings (SSSR count). The molecule has 2 aromatic rings. The van der Waals surface area contributed by atoms with Gasteiger partial charge >= 0.3 is 0 Å². The van der Waals surface area contributed by atoms with Gasteiger partial charge in [-0.15, -0.1) is 0 Å². The average Bonchev–Trinajstić information content (AvgIpc) is 2.54. The van der Waals surface area contributed by atoms with Crippen LogP contribution < -0.4 is 14.8 Å². The van der Waals surface area contributed by atoms with Crippen molar-refractivity contribution in [2.24, 2.45) is 0 Å². The third-order valence-corrected chi connectivity index (χ3v) is 3.51. The molecule has 0 radical (unpaired) electrons. The summed E-state index contributed by atoms with van der Waals surface area (Å²) < 4.78 is 24.1. The number of nitrogens with one attached hydrogen (secondary N) is 1. The van der Waals surface area contributed by atoms with Gasteiger partial charge in [0.2, 0.25) is 0 Å². The Balaban J connectivity index is 1.92. The molecule has 4 nitrogen and oxygen atoms in total. The van der Waals surface area contributed by atoms with Gasteiger partial charge in [0.05, 0.1) is 13.2 Å². The quantitative estimate of drug-likeness (QED) is 0.888. The number of hydrogen-bond donors (Lipinski definition) is 1. The SMILES string of the molecule is COc1ccc([C@@H](C)NC(=O)COc2ccccc2C)cc1F. The van der Waals surface area contributed by atoms with Gasteiger partial charge in [-0.1, -0.05) is 24.3 Å². The van der Waals surface area contributed by atoms with Crippen LogP contribution in [0.3, 0.4) is 0 Å². The van der Waals surface area contributed by atoms with Crippen molar-refractivity contribution < 1.29 is 18.7 Å². The van der Waals surface area contributed by atoms with Crippen LogP contribution in [0.5, 0.6) is 11.5 Å². The summed E-state index contributed by atoms with van der Waals surface area (Å²) in [5.74, 6) is 0.125.